The van der Waals surface area contributed by atoms with Crippen LogP contribution >= 0.6 is 0 Å². The van der Waals surface area contributed by atoms with E-state index >= 15 is 0 Å². The molecule has 0 aliphatic heterocycles. The Kier molecular flexibility index (Phi) is 47.8. The lowest BCUT2D eigenvalue weighted by molar-refractivity contribution is -0.161. The minimum absolute atomic E-state index is 0.0627. The second-order valence-corrected chi connectivity index (χ2v) is 17.6. The Labute approximate surface area is 356 Å². The topological polar surface area (TPSA) is 72.8 Å². The number of aliphatic hydroxyl groups excluding tert-OH is 1. The highest BCUT2D eigenvalue weighted by Crippen LogP contribution is 2.17. The zero-order chi connectivity index (χ0) is 41.4. The third-order valence-electron chi connectivity index (χ3n) is 11.8. The molecule has 5 heteroatoms. The zero-order valence-electron chi connectivity index (χ0n) is 38.6. The second kappa shape index (κ2) is 49.0. The molecule has 0 aromatic rings. The first kappa shape index (κ1) is 55.6. The average molecular weight is 805 g/mol. The van der Waals surface area contributed by atoms with Crippen molar-refractivity contribution >= 4 is 11.9 Å². The summed E-state index contributed by atoms with van der Waals surface area (Å²) in [5, 5.41) is 9.59. The fourth-order valence-electron chi connectivity index (χ4n) is 7.91. The highest BCUT2D eigenvalue weighted by molar-refractivity contribution is 5.70. The van der Waals surface area contributed by atoms with Crippen molar-refractivity contribution < 1.29 is 24.2 Å². The first-order valence-electron chi connectivity index (χ1n) is 25.7. The molecule has 338 valence electrons. The minimum Gasteiger partial charge on any atom is -0.462 e. The summed E-state index contributed by atoms with van der Waals surface area (Å²) in [4.78, 5) is 24.4. The van der Waals surface area contributed by atoms with Crippen molar-refractivity contribution in [1.29, 1.82) is 0 Å². The van der Waals surface area contributed by atoms with E-state index in [0.717, 1.165) is 38.5 Å². The summed E-state index contributed by atoms with van der Waals surface area (Å²) in [5.74, 6) is -0.585. The van der Waals surface area contributed by atoms with Crippen LogP contribution in [-0.4, -0.2) is 36.4 Å². The van der Waals surface area contributed by atoms with Crippen LogP contribution in [0.15, 0.2) is 12.2 Å². The molecule has 0 aromatic heterocycles. The maximum Gasteiger partial charge on any atom is 0.306 e. The van der Waals surface area contributed by atoms with Crippen molar-refractivity contribution in [2.24, 2.45) is 0 Å². The molecule has 57 heavy (non-hydrogen) atoms. The summed E-state index contributed by atoms with van der Waals surface area (Å²) in [6.07, 6.45) is 59.0. The molecule has 0 aromatic carbocycles. The number of esters is 2. The molecule has 0 amide bonds. The lowest BCUT2D eigenvalue weighted by Gasteiger charge is -2.15. The molecule has 0 radical (unpaired) electrons. The van der Waals surface area contributed by atoms with E-state index in [2.05, 4.69) is 26.0 Å². The number of carbonyl (C=O) groups excluding carboxylic acids is 2. The first-order valence-corrected chi connectivity index (χ1v) is 25.7. The van der Waals surface area contributed by atoms with Crippen molar-refractivity contribution in [3.05, 3.63) is 12.2 Å². The summed E-state index contributed by atoms with van der Waals surface area (Å²) >= 11 is 0. The monoisotopic (exact) mass is 805 g/mol. The summed E-state index contributed by atoms with van der Waals surface area (Å²) in [6, 6.07) is 0. The summed E-state index contributed by atoms with van der Waals surface area (Å²) in [7, 11) is 0. The lowest BCUT2D eigenvalue weighted by Crippen LogP contribution is -2.28. The Morgan fingerprint density at radius 1 is 0.386 bits per heavy atom. The van der Waals surface area contributed by atoms with Gasteiger partial charge in [-0.05, 0) is 38.5 Å². The molecule has 1 unspecified atom stereocenters. The predicted octanol–water partition coefficient (Wildman–Crippen LogP) is 16.8. The highest BCUT2D eigenvalue weighted by Gasteiger charge is 2.16. The molecular formula is C52H100O5. The van der Waals surface area contributed by atoms with Crippen molar-refractivity contribution in [3.63, 3.8) is 0 Å². The molecule has 0 bridgehead atoms. The summed E-state index contributed by atoms with van der Waals surface area (Å²) in [5.41, 5.74) is 0. The summed E-state index contributed by atoms with van der Waals surface area (Å²) in [6.45, 7) is 4.15. The number of hydrogen-bond donors (Lipinski definition) is 1. The molecule has 0 heterocycles. The van der Waals surface area contributed by atoms with Gasteiger partial charge in [0, 0.05) is 12.8 Å². The van der Waals surface area contributed by atoms with Gasteiger partial charge in [-0.25, -0.2) is 0 Å². The van der Waals surface area contributed by atoms with Gasteiger partial charge in [-0.1, -0.05) is 251 Å². The van der Waals surface area contributed by atoms with Crippen LogP contribution in [0.1, 0.15) is 290 Å². The van der Waals surface area contributed by atoms with Gasteiger partial charge in [0.1, 0.15) is 6.61 Å². The number of carbonyl (C=O) groups is 2. The Morgan fingerprint density at radius 2 is 0.649 bits per heavy atom. The predicted molar refractivity (Wildman–Crippen MR) is 247 cm³/mol. The summed E-state index contributed by atoms with van der Waals surface area (Å²) < 4.78 is 10.7. The molecule has 0 spiro atoms. The molecule has 0 saturated carbocycles. The van der Waals surface area contributed by atoms with Gasteiger partial charge in [0.15, 0.2) is 6.10 Å². The van der Waals surface area contributed by atoms with Gasteiger partial charge in [-0.15, -0.1) is 0 Å². The van der Waals surface area contributed by atoms with E-state index in [-0.39, 0.29) is 25.2 Å². The Bertz CT molecular complexity index is 825. The van der Waals surface area contributed by atoms with E-state index in [1.54, 1.807) is 0 Å². The molecule has 0 aliphatic rings. The molecule has 0 fully saturated rings. The van der Waals surface area contributed by atoms with Gasteiger partial charge in [-0.2, -0.15) is 0 Å². The highest BCUT2D eigenvalue weighted by atomic mass is 16.6. The molecule has 0 rings (SSSR count). The normalized spacial score (nSPS) is 12.1. The van der Waals surface area contributed by atoms with E-state index in [1.165, 1.54) is 225 Å². The third kappa shape index (κ3) is 47.2. The SMILES string of the molecule is CCCCCC/C=C\CCCCCCCC(=O)OC(CO)COC(=O)CCCCCCCCCCCCCCCCCCCCCCCCCCCCCCCC. The van der Waals surface area contributed by atoms with Crippen LogP contribution in [0.2, 0.25) is 0 Å². The van der Waals surface area contributed by atoms with Crippen molar-refractivity contribution in [2.45, 2.75) is 296 Å². The number of ether oxygens (including phenoxy) is 2. The van der Waals surface area contributed by atoms with Crippen LogP contribution in [0.5, 0.6) is 0 Å². The van der Waals surface area contributed by atoms with E-state index in [1.807, 2.05) is 0 Å². The van der Waals surface area contributed by atoms with Gasteiger partial charge in [0.05, 0.1) is 6.61 Å². The third-order valence-corrected chi connectivity index (χ3v) is 11.8. The van der Waals surface area contributed by atoms with Crippen LogP contribution < -0.4 is 0 Å². The fourth-order valence-corrected chi connectivity index (χ4v) is 7.91. The molecule has 1 atom stereocenters. The molecule has 0 saturated heterocycles. The van der Waals surface area contributed by atoms with Gasteiger partial charge in [-0.3, -0.25) is 9.59 Å². The van der Waals surface area contributed by atoms with Gasteiger partial charge in [0.25, 0.3) is 0 Å². The maximum absolute atomic E-state index is 12.2. The van der Waals surface area contributed by atoms with Crippen LogP contribution in [-0.2, 0) is 19.1 Å². The van der Waals surface area contributed by atoms with Crippen LogP contribution in [0.25, 0.3) is 0 Å². The zero-order valence-corrected chi connectivity index (χ0v) is 38.6. The average Bonchev–Trinajstić information content (AvgIpc) is 3.21. The van der Waals surface area contributed by atoms with Crippen LogP contribution in [0.4, 0.5) is 0 Å². The Balaban J connectivity index is 3.38. The number of allylic oxidation sites excluding steroid dienone is 2. The smallest absolute Gasteiger partial charge is 0.306 e. The van der Waals surface area contributed by atoms with Crippen molar-refractivity contribution in [3.8, 4) is 0 Å². The largest absolute Gasteiger partial charge is 0.462 e. The van der Waals surface area contributed by atoms with Gasteiger partial charge >= 0.3 is 11.9 Å². The van der Waals surface area contributed by atoms with E-state index < -0.39 is 6.10 Å². The van der Waals surface area contributed by atoms with Crippen molar-refractivity contribution in [2.75, 3.05) is 13.2 Å². The number of aliphatic hydroxyl groups is 1. The Morgan fingerprint density at radius 3 is 0.965 bits per heavy atom. The van der Waals surface area contributed by atoms with E-state index in [4.69, 9.17) is 9.47 Å². The number of unbranched alkanes of at least 4 members (excludes halogenated alkanes) is 38. The van der Waals surface area contributed by atoms with Crippen molar-refractivity contribution in [1.82, 2.24) is 0 Å². The van der Waals surface area contributed by atoms with Crippen LogP contribution in [0, 0.1) is 0 Å². The molecule has 1 N–H and O–H groups in total. The first-order chi connectivity index (χ1) is 28.1. The minimum atomic E-state index is -0.770. The number of hydrogen-bond acceptors (Lipinski definition) is 5. The lowest BCUT2D eigenvalue weighted by atomic mass is 10.0. The maximum atomic E-state index is 12.2. The molecular weight excluding hydrogens is 705 g/mol. The number of rotatable bonds is 48. The standard InChI is InChI=1S/C52H100O5/c1-3-5-7-9-11-13-15-17-18-19-20-21-22-23-24-25-26-27-28-29-30-31-32-33-35-36-38-40-42-44-46-51(54)56-49-50(48-53)57-52(55)47-45-43-41-39-37-34-16-14-12-10-8-6-4-2/h14,16,50,53H,3-13,15,17-49H2,1-2H3/b16-14-. The Hall–Kier alpha value is -1.36. The van der Waals surface area contributed by atoms with E-state index in [0.29, 0.717) is 12.8 Å². The fraction of sp³-hybridized carbons (Fsp3) is 0.923. The van der Waals surface area contributed by atoms with Crippen LogP contribution in [0.3, 0.4) is 0 Å². The van der Waals surface area contributed by atoms with Gasteiger partial charge < -0.3 is 14.6 Å². The molecule has 5 nitrogen and oxygen atoms in total. The van der Waals surface area contributed by atoms with Gasteiger partial charge in [0.2, 0.25) is 0 Å². The second-order valence-electron chi connectivity index (χ2n) is 17.6. The molecule has 0 aliphatic carbocycles. The van der Waals surface area contributed by atoms with E-state index in [9.17, 15) is 14.7 Å². The quantitative estimate of drug-likeness (QED) is 0.0377.